The summed E-state index contributed by atoms with van der Waals surface area (Å²) in [6.07, 6.45) is 2.00. The van der Waals surface area contributed by atoms with E-state index >= 15 is 0 Å². The fourth-order valence-electron chi connectivity index (χ4n) is 1.18. The zero-order chi connectivity index (χ0) is 7.56. The van der Waals surface area contributed by atoms with Crippen LogP contribution < -0.4 is 0 Å². The number of hydrogen-bond acceptors (Lipinski definition) is 2. The fourth-order valence-corrected chi connectivity index (χ4v) is 1.18. The number of aliphatic carboxylic acids is 1. The molecular weight excluding hydrogens is 134 g/mol. The molecule has 1 aliphatic heterocycles. The van der Waals surface area contributed by atoms with Crippen molar-refractivity contribution in [3.63, 3.8) is 0 Å². The molecular formula is C6H9NO3. The number of hydrogen-bond donors (Lipinski definition) is 1. The molecule has 4 heteroatoms. The average Bonchev–Trinajstić information content (AvgIpc) is 2.33. The van der Waals surface area contributed by atoms with Gasteiger partial charge in [-0.25, -0.2) is 4.79 Å². The summed E-state index contributed by atoms with van der Waals surface area (Å²) in [4.78, 5) is 21.9. The number of likely N-dealkylation sites (tertiary alicyclic amines) is 1. The van der Waals surface area contributed by atoms with Gasteiger partial charge in [0.05, 0.1) is 0 Å². The summed E-state index contributed by atoms with van der Waals surface area (Å²) in [6, 6.07) is -0.572. The minimum atomic E-state index is -0.899. The maximum Gasteiger partial charge on any atom is 0.326 e. The highest BCUT2D eigenvalue weighted by Crippen LogP contribution is 2.14. The van der Waals surface area contributed by atoms with Gasteiger partial charge in [0.25, 0.3) is 0 Å². The van der Waals surface area contributed by atoms with Gasteiger partial charge in [-0.1, -0.05) is 0 Å². The number of carbonyl (C=O) groups is 2. The molecule has 0 bridgehead atoms. The Labute approximate surface area is 58.4 Å². The number of amides is 1. The standard InChI is InChI=1S/C6H9NO3/c8-4-7-3-1-2-5(7)6(9)10/h4-5H,1-3H2,(H,9,10)/t5-/m1/s1. The fraction of sp³-hybridized carbons (Fsp3) is 0.667. The Balaban J connectivity index is 2.58. The number of rotatable bonds is 2. The van der Waals surface area contributed by atoms with Gasteiger partial charge in [-0.3, -0.25) is 4.79 Å². The first-order valence-electron chi connectivity index (χ1n) is 3.19. The van der Waals surface area contributed by atoms with E-state index in [1.165, 1.54) is 4.90 Å². The second-order valence-electron chi connectivity index (χ2n) is 2.34. The second-order valence-corrected chi connectivity index (χ2v) is 2.34. The molecule has 0 aromatic carbocycles. The zero-order valence-corrected chi connectivity index (χ0v) is 5.49. The molecule has 1 fully saturated rings. The van der Waals surface area contributed by atoms with E-state index in [0.29, 0.717) is 19.4 Å². The molecule has 1 rings (SSSR count). The van der Waals surface area contributed by atoms with Crippen molar-refractivity contribution >= 4 is 12.4 Å². The van der Waals surface area contributed by atoms with Crippen molar-refractivity contribution in [3.05, 3.63) is 0 Å². The van der Waals surface area contributed by atoms with Crippen LogP contribution in [-0.4, -0.2) is 35.0 Å². The molecule has 0 aromatic heterocycles. The summed E-state index contributed by atoms with van der Waals surface area (Å²) >= 11 is 0. The van der Waals surface area contributed by atoms with E-state index < -0.39 is 12.0 Å². The van der Waals surface area contributed by atoms with E-state index in [1.807, 2.05) is 0 Å². The van der Waals surface area contributed by atoms with Crippen molar-refractivity contribution in [1.82, 2.24) is 4.90 Å². The maximum atomic E-state index is 10.4. The van der Waals surface area contributed by atoms with Gasteiger partial charge in [0.1, 0.15) is 6.04 Å². The van der Waals surface area contributed by atoms with Gasteiger partial charge in [-0.2, -0.15) is 0 Å². The lowest BCUT2D eigenvalue weighted by Gasteiger charge is -2.14. The van der Waals surface area contributed by atoms with E-state index in [2.05, 4.69) is 0 Å². The number of carbonyl (C=O) groups excluding carboxylic acids is 1. The highest BCUT2D eigenvalue weighted by atomic mass is 16.4. The van der Waals surface area contributed by atoms with Crippen LogP contribution in [-0.2, 0) is 9.59 Å². The number of carboxylic acids is 1. The summed E-state index contributed by atoms with van der Waals surface area (Å²) in [5.74, 6) is -0.899. The molecule has 4 nitrogen and oxygen atoms in total. The maximum absolute atomic E-state index is 10.4. The van der Waals surface area contributed by atoms with Gasteiger partial charge < -0.3 is 10.0 Å². The Morgan fingerprint density at radius 1 is 1.70 bits per heavy atom. The largest absolute Gasteiger partial charge is 0.480 e. The van der Waals surface area contributed by atoms with Crippen LogP contribution in [0.3, 0.4) is 0 Å². The topological polar surface area (TPSA) is 57.6 Å². The van der Waals surface area contributed by atoms with Crippen LogP contribution in [0.2, 0.25) is 0 Å². The Morgan fingerprint density at radius 3 is 2.80 bits per heavy atom. The molecule has 1 N–H and O–H groups in total. The monoisotopic (exact) mass is 143 g/mol. The molecule has 0 spiro atoms. The Kier molecular flexibility index (Phi) is 1.89. The van der Waals surface area contributed by atoms with Gasteiger partial charge >= 0.3 is 5.97 Å². The van der Waals surface area contributed by atoms with Crippen molar-refractivity contribution in [2.24, 2.45) is 0 Å². The summed E-state index contributed by atoms with van der Waals surface area (Å²) in [5, 5.41) is 8.51. The molecule has 1 aliphatic rings. The van der Waals surface area contributed by atoms with Gasteiger partial charge in [-0.05, 0) is 12.8 Å². The predicted molar refractivity (Wildman–Crippen MR) is 33.4 cm³/mol. The van der Waals surface area contributed by atoms with Crippen molar-refractivity contribution in [2.45, 2.75) is 18.9 Å². The van der Waals surface area contributed by atoms with Gasteiger partial charge in [0.2, 0.25) is 6.41 Å². The van der Waals surface area contributed by atoms with E-state index in [-0.39, 0.29) is 0 Å². The number of nitrogens with zero attached hydrogens (tertiary/aromatic N) is 1. The third kappa shape index (κ3) is 1.10. The van der Waals surface area contributed by atoms with E-state index in [9.17, 15) is 9.59 Å². The first kappa shape index (κ1) is 7.05. The summed E-state index contributed by atoms with van der Waals surface area (Å²) in [7, 11) is 0. The third-order valence-electron chi connectivity index (χ3n) is 1.71. The molecule has 1 saturated heterocycles. The quantitative estimate of drug-likeness (QED) is 0.539. The second kappa shape index (κ2) is 2.68. The lowest BCUT2D eigenvalue weighted by molar-refractivity contribution is -0.144. The smallest absolute Gasteiger partial charge is 0.326 e. The van der Waals surface area contributed by atoms with Gasteiger partial charge in [0.15, 0.2) is 0 Å². The van der Waals surface area contributed by atoms with Crippen LogP contribution >= 0.6 is 0 Å². The van der Waals surface area contributed by atoms with E-state index in [4.69, 9.17) is 5.11 Å². The molecule has 10 heavy (non-hydrogen) atoms. The Bertz CT molecular complexity index is 157. The van der Waals surface area contributed by atoms with Crippen LogP contribution in [0.5, 0.6) is 0 Å². The van der Waals surface area contributed by atoms with E-state index in [1.54, 1.807) is 0 Å². The molecule has 0 aliphatic carbocycles. The van der Waals surface area contributed by atoms with Crippen LogP contribution in [0, 0.1) is 0 Å². The first-order valence-corrected chi connectivity index (χ1v) is 3.19. The van der Waals surface area contributed by atoms with Crippen LogP contribution in [0.1, 0.15) is 12.8 Å². The molecule has 0 unspecified atom stereocenters. The zero-order valence-electron chi connectivity index (χ0n) is 5.49. The molecule has 0 radical (unpaired) electrons. The van der Waals surface area contributed by atoms with Gasteiger partial charge in [-0.15, -0.1) is 0 Å². The predicted octanol–water partition coefficient (Wildman–Crippen LogP) is -0.308. The van der Waals surface area contributed by atoms with Crippen LogP contribution in [0.25, 0.3) is 0 Å². The Hall–Kier alpha value is -1.06. The highest BCUT2D eigenvalue weighted by molar-refractivity contribution is 5.76. The summed E-state index contributed by atoms with van der Waals surface area (Å²) in [6.45, 7) is 0.584. The van der Waals surface area contributed by atoms with Crippen molar-refractivity contribution in [3.8, 4) is 0 Å². The van der Waals surface area contributed by atoms with Crippen molar-refractivity contribution < 1.29 is 14.7 Å². The van der Waals surface area contributed by atoms with Gasteiger partial charge in [0, 0.05) is 6.54 Å². The molecule has 1 amide bonds. The van der Waals surface area contributed by atoms with Crippen LogP contribution in [0.15, 0.2) is 0 Å². The number of carboxylic acid groups (broad SMARTS) is 1. The summed E-state index contributed by atoms with van der Waals surface area (Å²) < 4.78 is 0. The molecule has 1 atom stereocenters. The molecule has 1 heterocycles. The first-order chi connectivity index (χ1) is 4.75. The lowest BCUT2D eigenvalue weighted by Crippen LogP contribution is -2.34. The molecule has 0 aromatic rings. The SMILES string of the molecule is O=CN1CCC[C@@H]1C(=O)O. The van der Waals surface area contributed by atoms with Crippen molar-refractivity contribution in [1.29, 1.82) is 0 Å². The van der Waals surface area contributed by atoms with Crippen molar-refractivity contribution in [2.75, 3.05) is 6.54 Å². The third-order valence-corrected chi connectivity index (χ3v) is 1.71. The van der Waals surface area contributed by atoms with E-state index in [0.717, 1.165) is 6.42 Å². The Morgan fingerprint density at radius 2 is 2.40 bits per heavy atom. The normalized spacial score (nSPS) is 24.8. The minimum absolute atomic E-state index is 0.572. The highest BCUT2D eigenvalue weighted by Gasteiger charge is 2.28. The summed E-state index contributed by atoms with van der Waals surface area (Å²) in [5.41, 5.74) is 0. The minimum Gasteiger partial charge on any atom is -0.480 e. The lowest BCUT2D eigenvalue weighted by atomic mass is 10.2. The molecule has 56 valence electrons. The van der Waals surface area contributed by atoms with Crippen LogP contribution in [0.4, 0.5) is 0 Å². The average molecular weight is 143 g/mol. The molecule has 0 saturated carbocycles.